The Morgan fingerprint density at radius 3 is 2.65 bits per heavy atom. The minimum atomic E-state index is -0.884. The predicted octanol–water partition coefficient (Wildman–Crippen LogP) is 2.18. The van der Waals surface area contributed by atoms with Gasteiger partial charge in [0, 0.05) is 25.9 Å². The molecule has 1 atom stereocenters. The van der Waals surface area contributed by atoms with Gasteiger partial charge in [0.05, 0.1) is 5.60 Å². The van der Waals surface area contributed by atoms with Crippen molar-refractivity contribution in [1.29, 1.82) is 0 Å². The molecule has 0 saturated heterocycles. The summed E-state index contributed by atoms with van der Waals surface area (Å²) in [5, 5.41) is 10.6. The van der Waals surface area contributed by atoms with Gasteiger partial charge in [-0.3, -0.25) is 0 Å². The van der Waals surface area contributed by atoms with E-state index in [1.54, 1.807) is 6.20 Å². The van der Waals surface area contributed by atoms with Crippen molar-refractivity contribution >= 4 is 0 Å². The molecule has 0 aliphatic rings. The van der Waals surface area contributed by atoms with Crippen molar-refractivity contribution in [1.82, 2.24) is 9.55 Å². The molecule has 90 valence electrons. The van der Waals surface area contributed by atoms with Crippen molar-refractivity contribution in [3.63, 3.8) is 0 Å². The number of aryl methyl sites for hydroxylation is 2. The van der Waals surface area contributed by atoms with E-state index in [0.717, 1.165) is 17.0 Å². The zero-order valence-electron chi connectivity index (χ0n) is 10.5. The van der Waals surface area contributed by atoms with Gasteiger partial charge in [0.1, 0.15) is 5.82 Å². The standard InChI is InChI=1S/C14H18N2O/c1-11-6-4-5-7-12(11)14(2,17)10-13-15-8-9-16(13)3/h4-9,17H,10H2,1-3H3. The molecular formula is C14H18N2O. The third-order valence-corrected chi connectivity index (χ3v) is 3.15. The largest absolute Gasteiger partial charge is 0.385 e. The van der Waals surface area contributed by atoms with E-state index in [0.29, 0.717) is 6.42 Å². The van der Waals surface area contributed by atoms with Gasteiger partial charge in [-0.15, -0.1) is 0 Å². The summed E-state index contributed by atoms with van der Waals surface area (Å²) in [6, 6.07) is 7.92. The molecule has 0 radical (unpaired) electrons. The maximum Gasteiger partial charge on any atom is 0.111 e. The Morgan fingerprint density at radius 2 is 2.06 bits per heavy atom. The summed E-state index contributed by atoms with van der Waals surface area (Å²) < 4.78 is 1.94. The molecule has 0 bridgehead atoms. The van der Waals surface area contributed by atoms with Crippen molar-refractivity contribution < 1.29 is 5.11 Å². The maximum atomic E-state index is 10.6. The number of aliphatic hydroxyl groups is 1. The molecular weight excluding hydrogens is 212 g/mol. The number of imidazole rings is 1. The van der Waals surface area contributed by atoms with Crippen LogP contribution in [0.2, 0.25) is 0 Å². The molecule has 2 aromatic rings. The Kier molecular flexibility index (Phi) is 3.03. The monoisotopic (exact) mass is 230 g/mol. The summed E-state index contributed by atoms with van der Waals surface area (Å²) >= 11 is 0. The second-order valence-electron chi connectivity index (χ2n) is 4.72. The van der Waals surface area contributed by atoms with Crippen LogP contribution in [-0.4, -0.2) is 14.7 Å². The van der Waals surface area contributed by atoms with Crippen LogP contribution in [0.3, 0.4) is 0 Å². The Balaban J connectivity index is 2.31. The van der Waals surface area contributed by atoms with Gasteiger partial charge < -0.3 is 9.67 Å². The van der Waals surface area contributed by atoms with Crippen molar-refractivity contribution in [3.8, 4) is 0 Å². The molecule has 0 spiro atoms. The van der Waals surface area contributed by atoms with Crippen LogP contribution in [0.15, 0.2) is 36.7 Å². The highest BCUT2D eigenvalue weighted by Crippen LogP contribution is 2.27. The van der Waals surface area contributed by atoms with Crippen LogP contribution in [-0.2, 0) is 19.1 Å². The molecule has 0 aliphatic carbocycles. The van der Waals surface area contributed by atoms with E-state index in [-0.39, 0.29) is 0 Å². The van der Waals surface area contributed by atoms with Gasteiger partial charge in [0.15, 0.2) is 0 Å². The van der Waals surface area contributed by atoms with E-state index in [4.69, 9.17) is 0 Å². The van der Waals surface area contributed by atoms with E-state index >= 15 is 0 Å². The third kappa shape index (κ3) is 2.39. The van der Waals surface area contributed by atoms with Crippen LogP contribution < -0.4 is 0 Å². The van der Waals surface area contributed by atoms with E-state index in [1.165, 1.54) is 0 Å². The summed E-state index contributed by atoms with van der Waals surface area (Å²) in [5.41, 5.74) is 1.18. The molecule has 17 heavy (non-hydrogen) atoms. The second kappa shape index (κ2) is 4.34. The average molecular weight is 230 g/mol. The molecule has 3 heteroatoms. The lowest BCUT2D eigenvalue weighted by atomic mass is 9.89. The lowest BCUT2D eigenvalue weighted by Gasteiger charge is -2.25. The fraction of sp³-hybridized carbons (Fsp3) is 0.357. The molecule has 1 aromatic carbocycles. The number of rotatable bonds is 3. The van der Waals surface area contributed by atoms with Crippen molar-refractivity contribution in [2.75, 3.05) is 0 Å². The number of hydrogen-bond donors (Lipinski definition) is 1. The summed E-state index contributed by atoms with van der Waals surface area (Å²) in [6.07, 6.45) is 4.16. The number of hydrogen-bond acceptors (Lipinski definition) is 2. The fourth-order valence-corrected chi connectivity index (χ4v) is 2.15. The molecule has 0 aliphatic heterocycles. The van der Waals surface area contributed by atoms with Gasteiger partial charge in [0.2, 0.25) is 0 Å². The summed E-state index contributed by atoms with van der Waals surface area (Å²) in [4.78, 5) is 4.26. The minimum Gasteiger partial charge on any atom is -0.385 e. The summed E-state index contributed by atoms with van der Waals surface area (Å²) in [6.45, 7) is 3.85. The van der Waals surface area contributed by atoms with Crippen LogP contribution in [0.4, 0.5) is 0 Å². The topological polar surface area (TPSA) is 38.1 Å². The van der Waals surface area contributed by atoms with E-state index < -0.39 is 5.60 Å². The smallest absolute Gasteiger partial charge is 0.111 e. The van der Waals surface area contributed by atoms with Crippen molar-refractivity contribution in [2.45, 2.75) is 25.9 Å². The quantitative estimate of drug-likeness (QED) is 0.877. The molecule has 3 nitrogen and oxygen atoms in total. The molecule has 0 amide bonds. The second-order valence-corrected chi connectivity index (χ2v) is 4.72. The first kappa shape index (κ1) is 11.9. The van der Waals surface area contributed by atoms with E-state index in [1.807, 2.05) is 55.9 Å². The van der Waals surface area contributed by atoms with Gasteiger partial charge in [-0.1, -0.05) is 24.3 Å². The molecule has 1 heterocycles. The van der Waals surface area contributed by atoms with Gasteiger partial charge in [0.25, 0.3) is 0 Å². The highest BCUT2D eigenvalue weighted by Gasteiger charge is 2.26. The Bertz CT molecular complexity index is 514. The number of aromatic nitrogens is 2. The summed E-state index contributed by atoms with van der Waals surface area (Å²) in [5.74, 6) is 0.887. The summed E-state index contributed by atoms with van der Waals surface area (Å²) in [7, 11) is 1.94. The van der Waals surface area contributed by atoms with Crippen LogP contribution in [0, 0.1) is 6.92 Å². The normalized spacial score (nSPS) is 14.6. The zero-order valence-corrected chi connectivity index (χ0v) is 10.5. The highest BCUT2D eigenvalue weighted by molar-refractivity contribution is 5.31. The maximum absolute atomic E-state index is 10.6. The lowest BCUT2D eigenvalue weighted by Crippen LogP contribution is -2.26. The molecule has 1 aromatic heterocycles. The van der Waals surface area contributed by atoms with Crippen LogP contribution in [0.25, 0.3) is 0 Å². The van der Waals surface area contributed by atoms with Gasteiger partial charge >= 0.3 is 0 Å². The molecule has 2 rings (SSSR count). The molecule has 0 saturated carbocycles. The number of benzene rings is 1. The van der Waals surface area contributed by atoms with E-state index in [2.05, 4.69) is 4.98 Å². The first-order valence-corrected chi connectivity index (χ1v) is 5.75. The Labute approximate surface area is 102 Å². The Morgan fingerprint density at radius 1 is 1.35 bits per heavy atom. The van der Waals surface area contributed by atoms with Crippen LogP contribution in [0.5, 0.6) is 0 Å². The van der Waals surface area contributed by atoms with Crippen molar-refractivity contribution in [2.24, 2.45) is 7.05 Å². The molecule has 1 unspecified atom stereocenters. The number of nitrogens with zero attached hydrogens (tertiary/aromatic N) is 2. The predicted molar refractivity (Wildman–Crippen MR) is 67.7 cm³/mol. The van der Waals surface area contributed by atoms with Crippen LogP contribution >= 0.6 is 0 Å². The average Bonchev–Trinajstić information content (AvgIpc) is 2.64. The Hall–Kier alpha value is -1.61. The molecule has 1 N–H and O–H groups in total. The highest BCUT2D eigenvalue weighted by atomic mass is 16.3. The van der Waals surface area contributed by atoms with E-state index in [9.17, 15) is 5.11 Å². The first-order chi connectivity index (χ1) is 8.00. The molecule has 0 fully saturated rings. The van der Waals surface area contributed by atoms with Gasteiger partial charge in [-0.25, -0.2) is 4.98 Å². The fourth-order valence-electron chi connectivity index (χ4n) is 2.15. The van der Waals surface area contributed by atoms with Gasteiger partial charge in [-0.05, 0) is 25.0 Å². The SMILES string of the molecule is Cc1ccccc1C(C)(O)Cc1nccn1C. The third-order valence-electron chi connectivity index (χ3n) is 3.15. The minimum absolute atomic E-state index is 0.515. The zero-order chi connectivity index (χ0) is 12.5. The van der Waals surface area contributed by atoms with Crippen molar-refractivity contribution in [3.05, 3.63) is 53.6 Å². The first-order valence-electron chi connectivity index (χ1n) is 5.75. The van der Waals surface area contributed by atoms with Gasteiger partial charge in [-0.2, -0.15) is 0 Å². The lowest BCUT2D eigenvalue weighted by molar-refractivity contribution is 0.0541. The van der Waals surface area contributed by atoms with Crippen LogP contribution in [0.1, 0.15) is 23.9 Å².